The van der Waals surface area contributed by atoms with Crippen LogP contribution in [-0.2, 0) is 0 Å². The van der Waals surface area contributed by atoms with Crippen LogP contribution < -0.4 is 5.32 Å². The molecular formula is C13H26N2. The van der Waals surface area contributed by atoms with E-state index in [0.29, 0.717) is 0 Å². The topological polar surface area (TPSA) is 15.3 Å². The van der Waals surface area contributed by atoms with Crippen molar-refractivity contribution >= 4 is 0 Å². The van der Waals surface area contributed by atoms with Crippen molar-refractivity contribution in [3.8, 4) is 0 Å². The van der Waals surface area contributed by atoms with Crippen molar-refractivity contribution < 1.29 is 0 Å². The van der Waals surface area contributed by atoms with Crippen LogP contribution in [-0.4, -0.2) is 36.1 Å². The second-order valence-electron chi connectivity index (χ2n) is 5.25. The second kappa shape index (κ2) is 5.31. The van der Waals surface area contributed by atoms with E-state index in [2.05, 4.69) is 24.1 Å². The average molecular weight is 210 g/mol. The standard InChI is InChI=1S/C13H26N2/c1-3-14-12-8-6-9-13(12)15-10-5-4-7-11(15)2/h11-14H,3-10H2,1-2H3. The van der Waals surface area contributed by atoms with Gasteiger partial charge in [0.25, 0.3) is 0 Å². The largest absolute Gasteiger partial charge is 0.313 e. The zero-order valence-corrected chi connectivity index (χ0v) is 10.3. The predicted molar refractivity (Wildman–Crippen MR) is 65.1 cm³/mol. The highest BCUT2D eigenvalue weighted by Gasteiger charge is 2.34. The maximum atomic E-state index is 3.67. The van der Waals surface area contributed by atoms with Crippen LogP contribution in [0.25, 0.3) is 0 Å². The van der Waals surface area contributed by atoms with Gasteiger partial charge in [-0.1, -0.05) is 19.8 Å². The van der Waals surface area contributed by atoms with Crippen LogP contribution in [0.4, 0.5) is 0 Å². The first kappa shape index (κ1) is 11.4. The Morgan fingerprint density at radius 2 is 2.00 bits per heavy atom. The van der Waals surface area contributed by atoms with E-state index in [1.165, 1.54) is 45.1 Å². The molecular weight excluding hydrogens is 184 g/mol. The minimum absolute atomic E-state index is 0.774. The number of piperidine rings is 1. The lowest BCUT2D eigenvalue weighted by Crippen LogP contribution is -2.52. The molecule has 15 heavy (non-hydrogen) atoms. The van der Waals surface area contributed by atoms with Gasteiger partial charge in [0, 0.05) is 18.1 Å². The van der Waals surface area contributed by atoms with E-state index in [1.54, 1.807) is 0 Å². The number of likely N-dealkylation sites (N-methyl/N-ethyl adjacent to an activating group) is 1. The van der Waals surface area contributed by atoms with Gasteiger partial charge in [-0.15, -0.1) is 0 Å². The second-order valence-corrected chi connectivity index (χ2v) is 5.25. The van der Waals surface area contributed by atoms with Gasteiger partial charge in [0.2, 0.25) is 0 Å². The fraction of sp³-hybridized carbons (Fsp3) is 1.00. The number of rotatable bonds is 3. The Morgan fingerprint density at radius 3 is 2.73 bits per heavy atom. The maximum absolute atomic E-state index is 3.67. The molecule has 1 N–H and O–H groups in total. The first-order valence-corrected chi connectivity index (χ1v) is 6.82. The first-order chi connectivity index (χ1) is 7.33. The average Bonchev–Trinajstić information content (AvgIpc) is 2.67. The SMILES string of the molecule is CCNC1CCCC1N1CCCCC1C. The number of nitrogens with zero attached hydrogens (tertiary/aromatic N) is 1. The van der Waals surface area contributed by atoms with Crippen molar-refractivity contribution in [2.24, 2.45) is 0 Å². The summed E-state index contributed by atoms with van der Waals surface area (Å²) < 4.78 is 0. The third kappa shape index (κ3) is 2.54. The van der Waals surface area contributed by atoms with E-state index in [9.17, 15) is 0 Å². The van der Waals surface area contributed by atoms with E-state index in [1.807, 2.05) is 0 Å². The molecule has 0 radical (unpaired) electrons. The molecule has 2 aliphatic rings. The molecule has 2 rings (SSSR count). The lowest BCUT2D eigenvalue weighted by atomic mass is 9.99. The van der Waals surface area contributed by atoms with Crippen molar-refractivity contribution in [2.45, 2.75) is 70.5 Å². The number of nitrogens with one attached hydrogen (secondary N) is 1. The Labute approximate surface area is 94.4 Å². The molecule has 1 aliphatic heterocycles. The molecule has 0 amide bonds. The maximum Gasteiger partial charge on any atom is 0.0252 e. The first-order valence-electron chi connectivity index (χ1n) is 6.82. The van der Waals surface area contributed by atoms with Gasteiger partial charge in [-0.25, -0.2) is 0 Å². The van der Waals surface area contributed by atoms with E-state index in [-0.39, 0.29) is 0 Å². The van der Waals surface area contributed by atoms with E-state index in [0.717, 1.165) is 24.7 Å². The monoisotopic (exact) mass is 210 g/mol. The molecule has 0 bridgehead atoms. The van der Waals surface area contributed by atoms with Crippen molar-refractivity contribution in [2.75, 3.05) is 13.1 Å². The number of likely N-dealkylation sites (tertiary alicyclic amines) is 1. The quantitative estimate of drug-likeness (QED) is 0.769. The van der Waals surface area contributed by atoms with Gasteiger partial charge in [-0.3, -0.25) is 4.90 Å². The summed E-state index contributed by atoms with van der Waals surface area (Å²) in [5.74, 6) is 0. The van der Waals surface area contributed by atoms with Crippen LogP contribution in [0.3, 0.4) is 0 Å². The summed E-state index contributed by atoms with van der Waals surface area (Å²) in [6.07, 6.45) is 8.50. The molecule has 2 fully saturated rings. The van der Waals surface area contributed by atoms with E-state index < -0.39 is 0 Å². The highest BCUT2D eigenvalue weighted by molar-refractivity contribution is 4.93. The molecule has 3 atom stereocenters. The minimum Gasteiger partial charge on any atom is -0.313 e. The van der Waals surface area contributed by atoms with Crippen molar-refractivity contribution in [1.82, 2.24) is 10.2 Å². The minimum atomic E-state index is 0.774. The third-order valence-electron chi connectivity index (χ3n) is 4.23. The zero-order chi connectivity index (χ0) is 10.7. The molecule has 0 spiro atoms. The van der Waals surface area contributed by atoms with Crippen LogP contribution in [0.5, 0.6) is 0 Å². The van der Waals surface area contributed by atoms with Crippen LogP contribution >= 0.6 is 0 Å². The van der Waals surface area contributed by atoms with Crippen molar-refractivity contribution in [1.29, 1.82) is 0 Å². The summed E-state index contributed by atoms with van der Waals surface area (Å²) in [7, 11) is 0. The number of hydrogen-bond donors (Lipinski definition) is 1. The van der Waals surface area contributed by atoms with Gasteiger partial charge in [-0.2, -0.15) is 0 Å². The molecule has 1 saturated carbocycles. The molecule has 0 aromatic rings. The van der Waals surface area contributed by atoms with Gasteiger partial charge in [0.15, 0.2) is 0 Å². The van der Waals surface area contributed by atoms with E-state index >= 15 is 0 Å². The van der Waals surface area contributed by atoms with Crippen LogP contribution in [0.15, 0.2) is 0 Å². The predicted octanol–water partition coefficient (Wildman–Crippen LogP) is 2.39. The highest BCUT2D eigenvalue weighted by atomic mass is 15.2. The summed E-state index contributed by atoms with van der Waals surface area (Å²) in [6.45, 7) is 7.12. The molecule has 0 aromatic carbocycles. The Hall–Kier alpha value is -0.0800. The van der Waals surface area contributed by atoms with Gasteiger partial charge >= 0.3 is 0 Å². The van der Waals surface area contributed by atoms with Crippen LogP contribution in [0, 0.1) is 0 Å². The highest BCUT2D eigenvalue weighted by Crippen LogP contribution is 2.29. The summed E-state index contributed by atoms with van der Waals surface area (Å²) in [5, 5.41) is 3.67. The molecule has 1 aliphatic carbocycles. The molecule has 3 unspecified atom stereocenters. The Balaban J connectivity index is 1.94. The molecule has 0 aromatic heterocycles. The van der Waals surface area contributed by atoms with Crippen molar-refractivity contribution in [3.63, 3.8) is 0 Å². The fourth-order valence-corrected chi connectivity index (χ4v) is 3.45. The fourth-order valence-electron chi connectivity index (χ4n) is 3.45. The summed E-state index contributed by atoms with van der Waals surface area (Å²) in [6, 6.07) is 2.43. The van der Waals surface area contributed by atoms with Crippen LogP contribution in [0.2, 0.25) is 0 Å². The Bertz CT molecular complexity index is 193. The zero-order valence-electron chi connectivity index (χ0n) is 10.3. The molecule has 1 heterocycles. The third-order valence-corrected chi connectivity index (χ3v) is 4.23. The number of hydrogen-bond acceptors (Lipinski definition) is 2. The van der Waals surface area contributed by atoms with Gasteiger partial charge in [-0.05, 0) is 45.7 Å². The lowest BCUT2D eigenvalue weighted by Gasteiger charge is -2.40. The van der Waals surface area contributed by atoms with E-state index in [4.69, 9.17) is 0 Å². The Kier molecular flexibility index (Phi) is 4.04. The molecule has 2 heteroatoms. The lowest BCUT2D eigenvalue weighted by molar-refractivity contribution is 0.0924. The molecule has 88 valence electrons. The molecule has 2 nitrogen and oxygen atoms in total. The summed E-state index contributed by atoms with van der Waals surface area (Å²) in [4.78, 5) is 2.78. The molecule has 1 saturated heterocycles. The Morgan fingerprint density at radius 1 is 1.13 bits per heavy atom. The van der Waals surface area contributed by atoms with Gasteiger partial charge in [0.1, 0.15) is 0 Å². The summed E-state index contributed by atoms with van der Waals surface area (Å²) in [5.41, 5.74) is 0. The summed E-state index contributed by atoms with van der Waals surface area (Å²) >= 11 is 0. The smallest absolute Gasteiger partial charge is 0.0252 e. The van der Waals surface area contributed by atoms with Crippen LogP contribution in [0.1, 0.15) is 52.4 Å². The van der Waals surface area contributed by atoms with Gasteiger partial charge < -0.3 is 5.32 Å². The normalized spacial score (nSPS) is 38.4. The van der Waals surface area contributed by atoms with Crippen molar-refractivity contribution in [3.05, 3.63) is 0 Å². The van der Waals surface area contributed by atoms with Gasteiger partial charge in [0.05, 0.1) is 0 Å².